The fourth-order valence-corrected chi connectivity index (χ4v) is 3.43. The average Bonchev–Trinajstić information content (AvgIpc) is 2.87. The molecule has 0 radical (unpaired) electrons. The zero-order valence-electron chi connectivity index (χ0n) is 13.6. The molecular formula is C17H22ClN3O3. The Labute approximate surface area is 146 Å². The van der Waals surface area contributed by atoms with E-state index in [-0.39, 0.29) is 17.7 Å². The van der Waals surface area contributed by atoms with Crippen LogP contribution in [0.1, 0.15) is 29.6 Å². The summed E-state index contributed by atoms with van der Waals surface area (Å²) in [6, 6.07) is 1.63. The predicted molar refractivity (Wildman–Crippen MR) is 89.9 cm³/mol. The lowest BCUT2D eigenvalue weighted by atomic mass is 9.98. The van der Waals surface area contributed by atoms with Crippen LogP contribution in [0.25, 0.3) is 0 Å². The number of carbonyl (C=O) groups excluding carboxylic acids is 2. The molecule has 3 heterocycles. The van der Waals surface area contributed by atoms with Gasteiger partial charge >= 0.3 is 0 Å². The van der Waals surface area contributed by atoms with Gasteiger partial charge < -0.3 is 14.5 Å². The van der Waals surface area contributed by atoms with E-state index in [4.69, 9.17) is 16.3 Å². The normalized spacial score (nSPS) is 19.9. The third kappa shape index (κ3) is 4.05. The largest absolute Gasteiger partial charge is 0.381 e. The summed E-state index contributed by atoms with van der Waals surface area (Å²) in [6.07, 6.45) is 5.42. The van der Waals surface area contributed by atoms with Crippen molar-refractivity contribution in [2.75, 3.05) is 39.4 Å². The highest BCUT2D eigenvalue weighted by molar-refractivity contribution is 6.30. The number of carbonyl (C=O) groups is 2. The van der Waals surface area contributed by atoms with Crippen LogP contribution in [-0.4, -0.2) is 66.0 Å². The van der Waals surface area contributed by atoms with Gasteiger partial charge in [0.25, 0.3) is 5.91 Å². The second-order valence-electron chi connectivity index (χ2n) is 6.25. The molecule has 1 aromatic heterocycles. The summed E-state index contributed by atoms with van der Waals surface area (Å²) in [7, 11) is 0. The summed E-state index contributed by atoms with van der Waals surface area (Å²) in [4.78, 5) is 32.9. The van der Waals surface area contributed by atoms with E-state index in [9.17, 15) is 9.59 Å². The van der Waals surface area contributed by atoms with Gasteiger partial charge in [0, 0.05) is 57.7 Å². The van der Waals surface area contributed by atoms with Gasteiger partial charge in [-0.2, -0.15) is 0 Å². The molecule has 6 nitrogen and oxygen atoms in total. The third-order valence-electron chi connectivity index (χ3n) is 4.62. The number of aromatic nitrogens is 1. The van der Waals surface area contributed by atoms with Gasteiger partial charge in [-0.15, -0.1) is 0 Å². The van der Waals surface area contributed by atoms with Crippen molar-refractivity contribution < 1.29 is 14.3 Å². The molecule has 1 aromatic rings. The molecule has 0 saturated carbocycles. The maximum Gasteiger partial charge on any atom is 0.255 e. The number of nitrogens with zero attached hydrogens (tertiary/aromatic N) is 3. The Kier molecular flexibility index (Phi) is 5.68. The van der Waals surface area contributed by atoms with Gasteiger partial charge in [-0.3, -0.25) is 14.6 Å². The van der Waals surface area contributed by atoms with Crippen LogP contribution in [0.3, 0.4) is 0 Å². The third-order valence-corrected chi connectivity index (χ3v) is 4.82. The molecule has 0 unspecified atom stereocenters. The SMILES string of the molecule is O=C(c1cncc(Cl)c1)N1CCCN(C(=O)C2CCOCC2)CC1. The van der Waals surface area contributed by atoms with Crippen molar-refractivity contribution in [3.63, 3.8) is 0 Å². The molecule has 2 aliphatic rings. The summed E-state index contributed by atoms with van der Waals surface area (Å²) in [5, 5.41) is 0.451. The van der Waals surface area contributed by atoms with Crippen molar-refractivity contribution in [3.05, 3.63) is 29.0 Å². The summed E-state index contributed by atoms with van der Waals surface area (Å²) >= 11 is 5.91. The first-order valence-electron chi connectivity index (χ1n) is 8.41. The molecule has 130 valence electrons. The van der Waals surface area contributed by atoms with Crippen LogP contribution in [0.4, 0.5) is 0 Å². The molecule has 3 rings (SSSR count). The topological polar surface area (TPSA) is 62.7 Å². The van der Waals surface area contributed by atoms with Crippen molar-refractivity contribution in [1.29, 1.82) is 0 Å². The van der Waals surface area contributed by atoms with Crippen LogP contribution in [0.15, 0.2) is 18.5 Å². The maximum atomic E-state index is 12.6. The molecule has 2 amide bonds. The zero-order valence-corrected chi connectivity index (χ0v) is 14.4. The standard InChI is InChI=1S/C17H22ClN3O3/c18-15-10-14(11-19-12-15)17(23)21-5-1-4-20(6-7-21)16(22)13-2-8-24-9-3-13/h10-13H,1-9H2. The minimum Gasteiger partial charge on any atom is -0.381 e. The Morgan fingerprint density at radius 3 is 2.54 bits per heavy atom. The van der Waals surface area contributed by atoms with Crippen LogP contribution in [0.2, 0.25) is 5.02 Å². The average molecular weight is 352 g/mol. The molecule has 0 bridgehead atoms. The number of hydrogen-bond acceptors (Lipinski definition) is 4. The van der Waals surface area contributed by atoms with E-state index in [2.05, 4.69) is 4.98 Å². The quantitative estimate of drug-likeness (QED) is 0.815. The van der Waals surface area contributed by atoms with Gasteiger partial charge in [0.2, 0.25) is 5.91 Å². The predicted octanol–water partition coefficient (Wildman–Crippen LogP) is 1.84. The number of rotatable bonds is 2. The van der Waals surface area contributed by atoms with Crippen molar-refractivity contribution in [1.82, 2.24) is 14.8 Å². The first-order chi connectivity index (χ1) is 11.6. The van der Waals surface area contributed by atoms with Gasteiger partial charge in [-0.05, 0) is 25.3 Å². The Bertz CT molecular complexity index is 604. The lowest BCUT2D eigenvalue weighted by Gasteiger charge is -2.28. The van der Waals surface area contributed by atoms with Crippen molar-refractivity contribution in [3.8, 4) is 0 Å². The number of halogens is 1. The highest BCUT2D eigenvalue weighted by Gasteiger charge is 2.28. The fraction of sp³-hybridized carbons (Fsp3) is 0.588. The molecule has 2 fully saturated rings. The van der Waals surface area contributed by atoms with Crippen LogP contribution in [-0.2, 0) is 9.53 Å². The monoisotopic (exact) mass is 351 g/mol. The van der Waals surface area contributed by atoms with E-state index in [1.165, 1.54) is 12.4 Å². The first-order valence-corrected chi connectivity index (χ1v) is 8.79. The summed E-state index contributed by atoms with van der Waals surface area (Å²) in [6.45, 7) is 3.79. The second-order valence-corrected chi connectivity index (χ2v) is 6.69. The highest BCUT2D eigenvalue weighted by Crippen LogP contribution is 2.19. The Morgan fingerprint density at radius 2 is 1.79 bits per heavy atom. The van der Waals surface area contributed by atoms with Gasteiger partial charge in [-0.25, -0.2) is 0 Å². The zero-order chi connectivity index (χ0) is 16.9. The summed E-state index contributed by atoms with van der Waals surface area (Å²) < 4.78 is 5.33. The molecule has 7 heteroatoms. The summed E-state index contributed by atoms with van der Waals surface area (Å²) in [5.41, 5.74) is 0.492. The van der Waals surface area contributed by atoms with E-state index < -0.39 is 0 Å². The van der Waals surface area contributed by atoms with Crippen LogP contribution >= 0.6 is 11.6 Å². The lowest BCUT2D eigenvalue weighted by molar-refractivity contribution is -0.138. The highest BCUT2D eigenvalue weighted by atomic mass is 35.5. The van der Waals surface area contributed by atoms with Crippen molar-refractivity contribution in [2.45, 2.75) is 19.3 Å². The maximum absolute atomic E-state index is 12.6. The molecule has 24 heavy (non-hydrogen) atoms. The van der Waals surface area contributed by atoms with Crippen molar-refractivity contribution >= 4 is 23.4 Å². The smallest absolute Gasteiger partial charge is 0.255 e. The van der Waals surface area contributed by atoms with Crippen LogP contribution in [0, 0.1) is 5.92 Å². The molecule has 0 aromatic carbocycles. The Hall–Kier alpha value is -1.66. The Morgan fingerprint density at radius 1 is 1.08 bits per heavy atom. The van der Waals surface area contributed by atoms with Gasteiger partial charge in [0.1, 0.15) is 0 Å². The number of hydrogen-bond donors (Lipinski definition) is 0. The molecule has 0 atom stereocenters. The first kappa shape index (κ1) is 17.2. The fourth-order valence-electron chi connectivity index (χ4n) is 3.26. The lowest BCUT2D eigenvalue weighted by Crippen LogP contribution is -2.41. The molecule has 2 aliphatic heterocycles. The van der Waals surface area contributed by atoms with E-state index in [1.807, 2.05) is 4.90 Å². The number of pyridine rings is 1. The van der Waals surface area contributed by atoms with E-state index in [0.29, 0.717) is 50.0 Å². The summed E-state index contributed by atoms with van der Waals surface area (Å²) in [5.74, 6) is 0.195. The number of ether oxygens (including phenoxy) is 1. The van der Waals surface area contributed by atoms with Crippen LogP contribution < -0.4 is 0 Å². The van der Waals surface area contributed by atoms with Crippen molar-refractivity contribution in [2.24, 2.45) is 5.92 Å². The van der Waals surface area contributed by atoms with E-state index >= 15 is 0 Å². The molecule has 0 N–H and O–H groups in total. The van der Waals surface area contributed by atoms with Gasteiger partial charge in [0.05, 0.1) is 10.6 Å². The van der Waals surface area contributed by atoms with Gasteiger partial charge in [-0.1, -0.05) is 11.6 Å². The van der Waals surface area contributed by atoms with Gasteiger partial charge in [0.15, 0.2) is 0 Å². The van der Waals surface area contributed by atoms with Crippen LogP contribution in [0.5, 0.6) is 0 Å². The minimum atomic E-state index is -0.0784. The molecule has 2 saturated heterocycles. The number of amides is 2. The second kappa shape index (κ2) is 7.94. The van der Waals surface area contributed by atoms with E-state index in [1.54, 1.807) is 11.0 Å². The molecule has 0 spiro atoms. The molecular weight excluding hydrogens is 330 g/mol. The minimum absolute atomic E-state index is 0.0677. The van der Waals surface area contributed by atoms with E-state index in [0.717, 1.165) is 19.3 Å². The molecule has 0 aliphatic carbocycles. The Balaban J connectivity index is 1.60.